The monoisotopic (exact) mass is 302 g/mol. The lowest BCUT2D eigenvalue weighted by molar-refractivity contribution is -0.140. The van der Waals surface area contributed by atoms with Crippen LogP contribution in [0.5, 0.6) is 0 Å². The summed E-state index contributed by atoms with van der Waals surface area (Å²) in [7, 11) is 3.07. The summed E-state index contributed by atoms with van der Waals surface area (Å²) in [5.41, 5.74) is 1.42. The normalized spacial score (nSPS) is 10.3. The van der Waals surface area contributed by atoms with Crippen molar-refractivity contribution in [2.24, 2.45) is 0 Å². The van der Waals surface area contributed by atoms with Gasteiger partial charge in [-0.3, -0.25) is 9.59 Å². The van der Waals surface area contributed by atoms with Crippen molar-refractivity contribution in [2.45, 2.75) is 12.8 Å². The molecular weight excluding hydrogens is 284 g/mol. The molecule has 0 radical (unpaired) electrons. The molecule has 0 aliphatic heterocycles. The molecule has 0 spiro atoms. The van der Waals surface area contributed by atoms with Gasteiger partial charge in [0.2, 0.25) is 0 Å². The third kappa shape index (κ3) is 3.91. The number of rotatable bonds is 6. The van der Waals surface area contributed by atoms with E-state index in [4.69, 9.17) is 0 Å². The lowest BCUT2D eigenvalue weighted by Gasteiger charge is -2.17. The van der Waals surface area contributed by atoms with Crippen molar-refractivity contribution in [3.05, 3.63) is 42.5 Å². The molecule has 0 saturated heterocycles. The SMILES string of the molecule is COC(=O)CCCN(C)C(=O)c1ccc(-n2cncn2)cc1. The highest BCUT2D eigenvalue weighted by molar-refractivity contribution is 5.94. The van der Waals surface area contributed by atoms with E-state index in [1.54, 1.807) is 35.1 Å². The summed E-state index contributed by atoms with van der Waals surface area (Å²) in [4.78, 5) is 28.8. The number of carbonyl (C=O) groups excluding carboxylic acids is 2. The van der Waals surface area contributed by atoms with Crippen LogP contribution in [0.25, 0.3) is 5.69 Å². The highest BCUT2D eigenvalue weighted by Gasteiger charge is 2.12. The molecule has 2 aromatic rings. The topological polar surface area (TPSA) is 77.3 Å². The highest BCUT2D eigenvalue weighted by Crippen LogP contribution is 2.10. The third-order valence-corrected chi connectivity index (χ3v) is 3.25. The summed E-state index contributed by atoms with van der Waals surface area (Å²) in [5, 5.41) is 4.03. The third-order valence-electron chi connectivity index (χ3n) is 3.25. The molecule has 0 unspecified atom stereocenters. The Balaban J connectivity index is 1.93. The van der Waals surface area contributed by atoms with Crippen molar-refractivity contribution in [3.63, 3.8) is 0 Å². The van der Waals surface area contributed by atoms with Crippen molar-refractivity contribution in [1.82, 2.24) is 19.7 Å². The second-order valence-electron chi connectivity index (χ2n) is 4.79. The van der Waals surface area contributed by atoms with Gasteiger partial charge in [-0.2, -0.15) is 5.10 Å². The lowest BCUT2D eigenvalue weighted by Crippen LogP contribution is -2.28. The minimum absolute atomic E-state index is 0.0880. The average Bonchev–Trinajstić information content (AvgIpc) is 3.08. The van der Waals surface area contributed by atoms with Crippen LogP contribution in [0, 0.1) is 0 Å². The number of carbonyl (C=O) groups is 2. The predicted molar refractivity (Wildman–Crippen MR) is 79.6 cm³/mol. The van der Waals surface area contributed by atoms with Crippen LogP contribution in [0.15, 0.2) is 36.9 Å². The Hall–Kier alpha value is -2.70. The Morgan fingerprint density at radius 3 is 2.59 bits per heavy atom. The van der Waals surface area contributed by atoms with Crippen LogP contribution < -0.4 is 0 Å². The molecule has 0 saturated carbocycles. The van der Waals surface area contributed by atoms with E-state index in [-0.39, 0.29) is 11.9 Å². The standard InChI is InChI=1S/C15H18N4O3/c1-18(9-3-4-14(20)22-2)15(21)12-5-7-13(8-6-12)19-11-16-10-17-19/h5-8,10-11H,3-4,9H2,1-2H3. The number of methoxy groups -OCH3 is 1. The summed E-state index contributed by atoms with van der Waals surface area (Å²) >= 11 is 0. The van der Waals surface area contributed by atoms with Crippen molar-refractivity contribution >= 4 is 11.9 Å². The number of esters is 1. The molecule has 2 rings (SSSR count). The molecule has 0 aliphatic carbocycles. The van der Waals surface area contributed by atoms with Gasteiger partial charge >= 0.3 is 5.97 Å². The van der Waals surface area contributed by atoms with Crippen molar-refractivity contribution in [1.29, 1.82) is 0 Å². The smallest absolute Gasteiger partial charge is 0.305 e. The van der Waals surface area contributed by atoms with Gasteiger partial charge in [0, 0.05) is 25.6 Å². The van der Waals surface area contributed by atoms with Crippen LogP contribution in [0.3, 0.4) is 0 Å². The first-order valence-corrected chi connectivity index (χ1v) is 6.89. The van der Waals surface area contributed by atoms with Crippen molar-refractivity contribution in [3.8, 4) is 5.69 Å². The first kappa shape index (κ1) is 15.7. The largest absolute Gasteiger partial charge is 0.469 e. The maximum absolute atomic E-state index is 12.3. The number of hydrogen-bond acceptors (Lipinski definition) is 5. The minimum atomic E-state index is -0.266. The Kier molecular flexibility index (Phi) is 5.24. The van der Waals surface area contributed by atoms with E-state index < -0.39 is 0 Å². The van der Waals surface area contributed by atoms with Crippen LogP contribution in [0.2, 0.25) is 0 Å². The van der Waals surface area contributed by atoms with Gasteiger partial charge in [-0.15, -0.1) is 0 Å². The van der Waals surface area contributed by atoms with Gasteiger partial charge in [0.25, 0.3) is 5.91 Å². The van der Waals surface area contributed by atoms with Crippen LogP contribution in [-0.4, -0.2) is 52.2 Å². The van der Waals surface area contributed by atoms with Crippen molar-refractivity contribution in [2.75, 3.05) is 20.7 Å². The Morgan fingerprint density at radius 2 is 2.00 bits per heavy atom. The van der Waals surface area contributed by atoms with Crippen LogP contribution >= 0.6 is 0 Å². The maximum atomic E-state index is 12.3. The van der Waals surface area contributed by atoms with E-state index in [1.165, 1.54) is 13.4 Å². The van der Waals surface area contributed by atoms with Gasteiger partial charge < -0.3 is 9.64 Å². The lowest BCUT2D eigenvalue weighted by atomic mass is 10.1. The van der Waals surface area contributed by atoms with Gasteiger partial charge in [-0.1, -0.05) is 0 Å². The van der Waals surface area contributed by atoms with E-state index in [2.05, 4.69) is 14.8 Å². The molecule has 1 heterocycles. The predicted octanol–water partition coefficient (Wildman–Crippen LogP) is 1.29. The number of aromatic nitrogens is 3. The molecule has 7 nitrogen and oxygen atoms in total. The van der Waals surface area contributed by atoms with Crippen LogP contribution in [0.1, 0.15) is 23.2 Å². The molecule has 0 aliphatic rings. The zero-order valence-corrected chi connectivity index (χ0v) is 12.6. The maximum Gasteiger partial charge on any atom is 0.305 e. The number of hydrogen-bond donors (Lipinski definition) is 0. The van der Waals surface area contributed by atoms with E-state index >= 15 is 0 Å². The van der Waals surface area contributed by atoms with E-state index in [9.17, 15) is 9.59 Å². The van der Waals surface area contributed by atoms with Gasteiger partial charge in [0.1, 0.15) is 12.7 Å². The fourth-order valence-electron chi connectivity index (χ4n) is 1.98. The summed E-state index contributed by atoms with van der Waals surface area (Å²) in [6.07, 6.45) is 3.93. The van der Waals surface area contributed by atoms with Crippen molar-refractivity contribution < 1.29 is 14.3 Å². The molecule has 1 aromatic heterocycles. The zero-order valence-electron chi connectivity index (χ0n) is 12.6. The molecule has 7 heteroatoms. The number of ether oxygens (including phenoxy) is 1. The minimum Gasteiger partial charge on any atom is -0.469 e. The number of amides is 1. The van der Waals surface area contributed by atoms with Crippen LogP contribution in [-0.2, 0) is 9.53 Å². The average molecular weight is 302 g/mol. The first-order valence-electron chi connectivity index (χ1n) is 6.89. The Morgan fingerprint density at radius 1 is 1.27 bits per heavy atom. The molecular formula is C15H18N4O3. The van der Waals surface area contributed by atoms with E-state index in [0.717, 1.165) is 5.69 Å². The summed E-state index contributed by atoms with van der Waals surface area (Å²) in [6.45, 7) is 0.499. The first-order chi connectivity index (χ1) is 10.6. The fourth-order valence-corrected chi connectivity index (χ4v) is 1.98. The molecule has 0 N–H and O–H groups in total. The number of nitrogens with zero attached hydrogens (tertiary/aromatic N) is 4. The Labute approximate surface area is 128 Å². The second kappa shape index (κ2) is 7.35. The Bertz CT molecular complexity index is 623. The molecule has 1 aromatic carbocycles. The second-order valence-corrected chi connectivity index (χ2v) is 4.79. The molecule has 0 atom stereocenters. The summed E-state index contributed by atoms with van der Waals surface area (Å²) in [6, 6.07) is 7.11. The fraction of sp³-hybridized carbons (Fsp3) is 0.333. The summed E-state index contributed by atoms with van der Waals surface area (Å²) in [5.74, 6) is -0.354. The zero-order chi connectivity index (χ0) is 15.9. The molecule has 116 valence electrons. The van der Waals surface area contributed by atoms with E-state index in [1.807, 2.05) is 12.1 Å². The number of benzene rings is 1. The molecule has 22 heavy (non-hydrogen) atoms. The van der Waals surface area contributed by atoms with Gasteiger partial charge in [-0.05, 0) is 30.7 Å². The van der Waals surface area contributed by atoms with Gasteiger partial charge in [-0.25, -0.2) is 9.67 Å². The van der Waals surface area contributed by atoms with Crippen LogP contribution in [0.4, 0.5) is 0 Å². The van der Waals surface area contributed by atoms with Gasteiger partial charge in [0.15, 0.2) is 0 Å². The van der Waals surface area contributed by atoms with E-state index in [0.29, 0.717) is 24.9 Å². The highest BCUT2D eigenvalue weighted by atomic mass is 16.5. The molecule has 1 amide bonds. The summed E-state index contributed by atoms with van der Waals surface area (Å²) < 4.78 is 6.19. The molecule has 0 bridgehead atoms. The van der Waals surface area contributed by atoms with Gasteiger partial charge in [0.05, 0.1) is 12.8 Å². The molecule has 0 fully saturated rings. The quantitative estimate of drug-likeness (QED) is 0.751.